The van der Waals surface area contributed by atoms with Crippen LogP contribution >= 0.6 is 0 Å². The molecule has 0 amide bonds. The van der Waals surface area contributed by atoms with Gasteiger partial charge in [-0.15, -0.1) is 0 Å². The topological polar surface area (TPSA) is 32.3 Å². The van der Waals surface area contributed by atoms with Crippen molar-refractivity contribution in [3.05, 3.63) is 23.8 Å². The van der Waals surface area contributed by atoms with Crippen LogP contribution in [0.25, 0.3) is 0 Å². The Morgan fingerprint density at radius 3 is 2.93 bits per heavy atom. The third-order valence-corrected chi connectivity index (χ3v) is 3.57. The number of nitrogens with one attached hydrogen (secondary N) is 1. The van der Waals surface area contributed by atoms with Crippen LogP contribution in [-0.4, -0.2) is 10.6 Å². The fraction of sp³-hybridized carbons (Fsp3) is 0.538. The van der Waals surface area contributed by atoms with E-state index in [1.807, 2.05) is 6.07 Å². The predicted octanol–water partition coefficient (Wildman–Crippen LogP) is 3.48. The zero-order valence-corrected chi connectivity index (χ0v) is 9.67. The predicted molar refractivity (Wildman–Crippen MR) is 63.5 cm³/mol. The maximum atomic E-state index is 9.84. The second-order valence-corrected chi connectivity index (χ2v) is 4.89. The van der Waals surface area contributed by atoms with Gasteiger partial charge in [-0.25, -0.2) is 0 Å². The molecule has 0 bridgehead atoms. The van der Waals surface area contributed by atoms with Gasteiger partial charge in [0.05, 0.1) is 5.69 Å². The summed E-state index contributed by atoms with van der Waals surface area (Å²) < 4.78 is 0. The van der Waals surface area contributed by atoms with Gasteiger partial charge >= 0.3 is 0 Å². The molecule has 1 aromatic carbocycles. The molecule has 82 valence electrons. The molecule has 0 saturated heterocycles. The number of phenols is 1. The van der Waals surface area contributed by atoms with Crippen molar-refractivity contribution in [3.8, 4) is 5.75 Å². The van der Waals surface area contributed by atoms with Crippen LogP contribution in [0.2, 0.25) is 0 Å². The summed E-state index contributed by atoms with van der Waals surface area (Å²) in [5.41, 5.74) is 2.28. The van der Waals surface area contributed by atoms with E-state index in [1.165, 1.54) is 5.56 Å². The minimum Gasteiger partial charge on any atom is -0.506 e. The van der Waals surface area contributed by atoms with Crippen LogP contribution in [-0.2, 0) is 0 Å². The molecule has 2 N–H and O–H groups in total. The van der Waals surface area contributed by atoms with E-state index in [9.17, 15) is 5.11 Å². The van der Waals surface area contributed by atoms with Crippen LogP contribution in [0.3, 0.4) is 0 Å². The summed E-state index contributed by atoms with van der Waals surface area (Å²) >= 11 is 0. The first-order valence-corrected chi connectivity index (χ1v) is 5.66. The van der Waals surface area contributed by atoms with Gasteiger partial charge in [-0.3, -0.25) is 0 Å². The van der Waals surface area contributed by atoms with Gasteiger partial charge < -0.3 is 10.4 Å². The highest BCUT2D eigenvalue weighted by atomic mass is 16.3. The lowest BCUT2D eigenvalue weighted by atomic mass is 9.79. The van der Waals surface area contributed by atoms with Crippen molar-refractivity contribution >= 4 is 5.69 Å². The second kappa shape index (κ2) is 3.44. The number of fused-ring (bicyclic) bond motifs is 1. The van der Waals surface area contributed by atoms with Crippen molar-refractivity contribution in [2.45, 2.75) is 45.1 Å². The number of rotatable bonds is 1. The molecule has 2 rings (SSSR count). The molecular formula is C13H19NO. The Morgan fingerprint density at radius 1 is 1.53 bits per heavy atom. The molecular weight excluding hydrogens is 186 g/mol. The van der Waals surface area contributed by atoms with Crippen molar-refractivity contribution in [1.82, 2.24) is 0 Å². The molecule has 0 aliphatic carbocycles. The Bertz CT molecular complexity index is 375. The Balaban J connectivity index is 2.46. The normalized spacial score (nSPS) is 29.4. The fourth-order valence-corrected chi connectivity index (χ4v) is 2.48. The average molecular weight is 205 g/mol. The van der Waals surface area contributed by atoms with Crippen molar-refractivity contribution < 1.29 is 5.11 Å². The molecule has 0 saturated carbocycles. The molecule has 1 aliphatic heterocycles. The van der Waals surface area contributed by atoms with E-state index in [0.29, 0.717) is 11.7 Å². The maximum Gasteiger partial charge on any atom is 0.138 e. The van der Waals surface area contributed by atoms with Crippen molar-refractivity contribution in [1.29, 1.82) is 0 Å². The maximum absolute atomic E-state index is 9.84. The first-order chi connectivity index (χ1) is 7.06. The molecule has 2 unspecified atom stereocenters. The number of anilines is 1. The van der Waals surface area contributed by atoms with E-state index in [1.54, 1.807) is 6.07 Å². The molecule has 0 aromatic heterocycles. The molecule has 0 spiro atoms. The first kappa shape index (κ1) is 10.3. The van der Waals surface area contributed by atoms with Gasteiger partial charge in [0.25, 0.3) is 0 Å². The van der Waals surface area contributed by atoms with Crippen molar-refractivity contribution in [2.24, 2.45) is 0 Å². The molecule has 2 heteroatoms. The average Bonchev–Trinajstić information content (AvgIpc) is 2.20. The summed E-state index contributed by atoms with van der Waals surface area (Å²) in [6.07, 6.45) is 2.20. The molecule has 15 heavy (non-hydrogen) atoms. The lowest BCUT2D eigenvalue weighted by Gasteiger charge is -2.39. The Morgan fingerprint density at radius 2 is 2.27 bits per heavy atom. The smallest absolute Gasteiger partial charge is 0.138 e. The number of hydrogen-bond acceptors (Lipinski definition) is 2. The Kier molecular flexibility index (Phi) is 2.37. The molecule has 0 radical (unpaired) electrons. The molecule has 1 aromatic rings. The van der Waals surface area contributed by atoms with Gasteiger partial charge in [0, 0.05) is 5.54 Å². The van der Waals surface area contributed by atoms with E-state index >= 15 is 0 Å². The number of phenolic OH excluding ortho intramolecular Hbond substituents is 1. The van der Waals surface area contributed by atoms with Crippen molar-refractivity contribution in [2.75, 3.05) is 5.32 Å². The van der Waals surface area contributed by atoms with Gasteiger partial charge in [0.15, 0.2) is 0 Å². The summed E-state index contributed by atoms with van der Waals surface area (Å²) in [7, 11) is 0. The zero-order chi connectivity index (χ0) is 11.1. The fourth-order valence-electron chi connectivity index (χ4n) is 2.48. The third-order valence-electron chi connectivity index (χ3n) is 3.57. The standard InChI is InChI=1S/C13H19NO/c1-4-13(3)8-9(2)10-6-5-7-11(15)12(10)14-13/h5-7,9,14-15H,4,8H2,1-3H3. The quantitative estimate of drug-likeness (QED) is 0.688. The van der Waals surface area contributed by atoms with Gasteiger partial charge in [0.2, 0.25) is 0 Å². The molecule has 2 nitrogen and oxygen atoms in total. The van der Waals surface area contributed by atoms with E-state index in [2.05, 4.69) is 32.2 Å². The van der Waals surface area contributed by atoms with Crippen LogP contribution in [0.4, 0.5) is 5.69 Å². The zero-order valence-electron chi connectivity index (χ0n) is 9.67. The first-order valence-electron chi connectivity index (χ1n) is 5.66. The van der Waals surface area contributed by atoms with Crippen molar-refractivity contribution in [3.63, 3.8) is 0 Å². The van der Waals surface area contributed by atoms with E-state index in [4.69, 9.17) is 0 Å². The van der Waals surface area contributed by atoms with Gasteiger partial charge in [-0.05, 0) is 37.3 Å². The largest absolute Gasteiger partial charge is 0.506 e. The highest BCUT2D eigenvalue weighted by molar-refractivity contribution is 5.65. The van der Waals surface area contributed by atoms with Crippen LogP contribution in [0.5, 0.6) is 5.75 Å². The van der Waals surface area contributed by atoms with Gasteiger partial charge in [-0.1, -0.05) is 26.0 Å². The second-order valence-electron chi connectivity index (χ2n) is 4.89. The Labute approximate surface area is 91.3 Å². The van der Waals surface area contributed by atoms with E-state index in [0.717, 1.165) is 18.5 Å². The minimum atomic E-state index is 0.116. The minimum absolute atomic E-state index is 0.116. The van der Waals surface area contributed by atoms with E-state index in [-0.39, 0.29) is 5.54 Å². The van der Waals surface area contributed by atoms with Crippen LogP contribution in [0.15, 0.2) is 18.2 Å². The summed E-state index contributed by atoms with van der Waals surface area (Å²) in [5, 5.41) is 13.3. The van der Waals surface area contributed by atoms with Gasteiger partial charge in [-0.2, -0.15) is 0 Å². The van der Waals surface area contributed by atoms with Crippen LogP contribution < -0.4 is 5.32 Å². The van der Waals surface area contributed by atoms with Crippen LogP contribution in [0.1, 0.15) is 45.1 Å². The number of para-hydroxylation sites is 1. The summed E-state index contributed by atoms with van der Waals surface area (Å²) in [5.74, 6) is 0.886. The molecule has 2 atom stereocenters. The van der Waals surface area contributed by atoms with Gasteiger partial charge in [0.1, 0.15) is 5.75 Å². The van der Waals surface area contributed by atoms with E-state index < -0.39 is 0 Å². The van der Waals surface area contributed by atoms with Crippen LogP contribution in [0, 0.1) is 0 Å². The number of hydrogen-bond donors (Lipinski definition) is 2. The summed E-state index contributed by atoms with van der Waals surface area (Å²) in [4.78, 5) is 0. The highest BCUT2D eigenvalue weighted by Crippen LogP contribution is 2.43. The lowest BCUT2D eigenvalue weighted by molar-refractivity contribution is 0.398. The number of aromatic hydroxyl groups is 1. The molecule has 0 fully saturated rings. The molecule has 1 heterocycles. The Hall–Kier alpha value is -1.18. The third kappa shape index (κ3) is 1.69. The highest BCUT2D eigenvalue weighted by Gasteiger charge is 2.32. The lowest BCUT2D eigenvalue weighted by Crippen LogP contribution is -2.39. The molecule has 1 aliphatic rings. The monoisotopic (exact) mass is 205 g/mol. The summed E-state index contributed by atoms with van der Waals surface area (Å²) in [6.45, 7) is 6.64. The summed E-state index contributed by atoms with van der Waals surface area (Å²) in [6, 6.07) is 5.77. The SMILES string of the molecule is CCC1(C)CC(C)c2cccc(O)c2N1. The number of benzene rings is 1.